The number of unbranched alkanes of at least 4 members (excludes halogenated alkanes) is 12. The molecule has 0 radical (unpaired) electrons. The second-order valence-electron chi connectivity index (χ2n) is 9.98. The molecule has 0 unspecified atom stereocenters. The first-order valence-electron chi connectivity index (χ1n) is 13.5. The molecule has 0 bridgehead atoms. The Morgan fingerprint density at radius 3 is 1.52 bits per heavy atom. The van der Waals surface area contributed by atoms with Crippen LogP contribution in [0.5, 0.6) is 0 Å². The number of hydrogen-bond donors (Lipinski definition) is 2. The Morgan fingerprint density at radius 1 is 0.697 bits per heavy atom. The summed E-state index contributed by atoms with van der Waals surface area (Å²) >= 11 is 0. The zero-order valence-electron chi connectivity index (χ0n) is 22.2. The van der Waals surface area contributed by atoms with Crippen molar-refractivity contribution in [2.45, 2.75) is 155 Å². The first kappa shape index (κ1) is 31.4. The number of carbonyl (C=O) groups excluding carboxylic acids is 2. The van der Waals surface area contributed by atoms with Gasteiger partial charge in [-0.15, -0.1) is 0 Å². The molecule has 6 nitrogen and oxygen atoms in total. The Labute approximate surface area is 203 Å². The number of hydrogen-bond acceptors (Lipinski definition) is 3. The minimum atomic E-state index is -0.959. The topological polar surface area (TPSA) is 86.7 Å². The Bertz CT molecular complexity index is 526. The van der Waals surface area contributed by atoms with Crippen LogP contribution < -0.4 is 5.32 Å². The number of carboxylic acids is 1. The number of nitrogens with zero attached hydrogens (tertiary/aromatic N) is 1. The second-order valence-corrected chi connectivity index (χ2v) is 9.98. The number of carbonyl (C=O) groups is 3. The van der Waals surface area contributed by atoms with Gasteiger partial charge in [-0.25, -0.2) is 0 Å². The van der Waals surface area contributed by atoms with Crippen molar-refractivity contribution in [2.24, 2.45) is 0 Å². The molecule has 0 saturated heterocycles. The van der Waals surface area contributed by atoms with Crippen LogP contribution in [-0.4, -0.2) is 45.9 Å². The fourth-order valence-corrected chi connectivity index (χ4v) is 4.38. The van der Waals surface area contributed by atoms with Gasteiger partial charge in [-0.05, 0) is 40.5 Å². The predicted octanol–water partition coefficient (Wildman–Crippen LogP) is 6.46. The summed E-state index contributed by atoms with van der Waals surface area (Å²) in [6.45, 7) is 9.98. The molecule has 33 heavy (non-hydrogen) atoms. The molecular formula is C27H52N2O4. The molecule has 1 atom stereocenters. The van der Waals surface area contributed by atoms with E-state index in [1.807, 2.05) is 27.7 Å². The van der Waals surface area contributed by atoms with Crippen LogP contribution in [0.15, 0.2) is 0 Å². The first-order valence-corrected chi connectivity index (χ1v) is 13.5. The van der Waals surface area contributed by atoms with Gasteiger partial charge in [0.05, 0.1) is 0 Å². The van der Waals surface area contributed by atoms with E-state index in [4.69, 9.17) is 5.11 Å². The van der Waals surface area contributed by atoms with Gasteiger partial charge in [0.15, 0.2) is 0 Å². The Morgan fingerprint density at radius 2 is 1.12 bits per heavy atom. The van der Waals surface area contributed by atoms with E-state index in [1.165, 1.54) is 64.2 Å². The van der Waals surface area contributed by atoms with E-state index in [0.717, 1.165) is 19.3 Å². The summed E-state index contributed by atoms with van der Waals surface area (Å²) in [6.07, 6.45) is 16.6. The van der Waals surface area contributed by atoms with Gasteiger partial charge in [0.2, 0.25) is 11.8 Å². The number of aliphatic carboxylic acids is 1. The zero-order chi connectivity index (χ0) is 25.1. The lowest BCUT2D eigenvalue weighted by atomic mass is 10.0. The SMILES string of the molecule is CCCCCCCCCCCCCCCC(=O)N[C@@H](CCC(=O)O)C(=O)N(C(C)C)C(C)C. The van der Waals surface area contributed by atoms with Gasteiger partial charge in [0.25, 0.3) is 0 Å². The fourth-order valence-electron chi connectivity index (χ4n) is 4.38. The van der Waals surface area contributed by atoms with Gasteiger partial charge in [-0.3, -0.25) is 14.4 Å². The summed E-state index contributed by atoms with van der Waals surface area (Å²) in [4.78, 5) is 38.2. The third-order valence-electron chi connectivity index (χ3n) is 6.15. The molecule has 2 N–H and O–H groups in total. The molecule has 6 heteroatoms. The van der Waals surface area contributed by atoms with Gasteiger partial charge in [0, 0.05) is 24.9 Å². The second kappa shape index (κ2) is 19.8. The van der Waals surface area contributed by atoms with E-state index < -0.39 is 12.0 Å². The van der Waals surface area contributed by atoms with Gasteiger partial charge in [0.1, 0.15) is 6.04 Å². The van der Waals surface area contributed by atoms with E-state index in [2.05, 4.69) is 12.2 Å². The van der Waals surface area contributed by atoms with E-state index >= 15 is 0 Å². The van der Waals surface area contributed by atoms with Crippen molar-refractivity contribution in [1.82, 2.24) is 10.2 Å². The number of rotatable bonds is 21. The number of carboxylic acid groups (broad SMARTS) is 1. The van der Waals surface area contributed by atoms with Gasteiger partial charge >= 0.3 is 5.97 Å². The molecule has 0 aromatic carbocycles. The van der Waals surface area contributed by atoms with Crippen LogP contribution in [-0.2, 0) is 14.4 Å². The highest BCUT2D eigenvalue weighted by Gasteiger charge is 2.29. The highest BCUT2D eigenvalue weighted by atomic mass is 16.4. The maximum Gasteiger partial charge on any atom is 0.303 e. The lowest BCUT2D eigenvalue weighted by molar-refractivity contribution is -0.141. The lowest BCUT2D eigenvalue weighted by Gasteiger charge is -2.34. The molecule has 194 valence electrons. The Balaban J connectivity index is 4.15. The molecule has 0 fully saturated rings. The highest BCUT2D eigenvalue weighted by molar-refractivity contribution is 5.88. The van der Waals surface area contributed by atoms with Crippen molar-refractivity contribution in [3.8, 4) is 0 Å². The van der Waals surface area contributed by atoms with Gasteiger partial charge in [-0.2, -0.15) is 0 Å². The summed E-state index contributed by atoms with van der Waals surface area (Å²) in [5, 5.41) is 11.8. The summed E-state index contributed by atoms with van der Waals surface area (Å²) in [6, 6.07) is -0.800. The number of nitrogens with one attached hydrogen (secondary N) is 1. The summed E-state index contributed by atoms with van der Waals surface area (Å²) in [7, 11) is 0. The van der Waals surface area contributed by atoms with Crippen molar-refractivity contribution < 1.29 is 19.5 Å². The average Bonchev–Trinajstić information content (AvgIpc) is 2.73. The van der Waals surface area contributed by atoms with Crippen molar-refractivity contribution in [2.75, 3.05) is 0 Å². The Hall–Kier alpha value is -1.59. The minimum absolute atomic E-state index is 0.0113. The summed E-state index contributed by atoms with van der Waals surface area (Å²) in [5.41, 5.74) is 0. The number of amides is 2. The standard InChI is InChI=1S/C27H52N2O4/c1-6-7-8-9-10-11-12-13-14-15-16-17-18-19-25(30)28-24(20-21-26(31)32)27(33)29(22(2)3)23(4)5/h22-24H,6-21H2,1-5H3,(H,28,30)(H,31,32)/t24-/m0/s1. The third-order valence-corrected chi connectivity index (χ3v) is 6.15. The molecule has 0 spiro atoms. The lowest BCUT2D eigenvalue weighted by Crippen LogP contribution is -2.53. The highest BCUT2D eigenvalue weighted by Crippen LogP contribution is 2.14. The first-order chi connectivity index (χ1) is 15.7. The molecule has 0 aliphatic heterocycles. The maximum absolute atomic E-state index is 13.0. The van der Waals surface area contributed by atoms with Crippen molar-refractivity contribution in [3.05, 3.63) is 0 Å². The molecule has 0 rings (SSSR count). The maximum atomic E-state index is 13.0. The molecule has 0 aliphatic carbocycles. The van der Waals surface area contributed by atoms with Crippen LogP contribution in [0.3, 0.4) is 0 Å². The molecule has 0 aliphatic rings. The van der Waals surface area contributed by atoms with E-state index in [1.54, 1.807) is 4.90 Å². The van der Waals surface area contributed by atoms with E-state index in [0.29, 0.717) is 6.42 Å². The summed E-state index contributed by atoms with van der Waals surface area (Å²) in [5.74, 6) is -1.31. The minimum Gasteiger partial charge on any atom is -0.481 e. The van der Waals surface area contributed by atoms with Crippen molar-refractivity contribution in [1.29, 1.82) is 0 Å². The molecular weight excluding hydrogens is 416 g/mol. The van der Waals surface area contributed by atoms with Gasteiger partial charge < -0.3 is 15.3 Å². The summed E-state index contributed by atoms with van der Waals surface area (Å²) < 4.78 is 0. The van der Waals surface area contributed by atoms with Gasteiger partial charge in [-0.1, -0.05) is 84.0 Å². The predicted molar refractivity (Wildman–Crippen MR) is 136 cm³/mol. The molecule has 0 heterocycles. The molecule has 2 amide bonds. The van der Waals surface area contributed by atoms with Crippen molar-refractivity contribution >= 4 is 17.8 Å². The largest absolute Gasteiger partial charge is 0.481 e. The zero-order valence-corrected chi connectivity index (χ0v) is 22.2. The van der Waals surface area contributed by atoms with Crippen LogP contribution in [0.4, 0.5) is 0 Å². The van der Waals surface area contributed by atoms with Crippen LogP contribution in [0.1, 0.15) is 137 Å². The third kappa shape index (κ3) is 16.6. The molecule has 0 saturated carbocycles. The van der Waals surface area contributed by atoms with E-state index in [9.17, 15) is 14.4 Å². The van der Waals surface area contributed by atoms with Crippen LogP contribution in [0.25, 0.3) is 0 Å². The molecule has 0 aromatic heterocycles. The van der Waals surface area contributed by atoms with Crippen molar-refractivity contribution in [3.63, 3.8) is 0 Å². The normalized spacial score (nSPS) is 12.2. The quantitative estimate of drug-likeness (QED) is 0.189. The van der Waals surface area contributed by atoms with Crippen LogP contribution in [0, 0.1) is 0 Å². The Kier molecular flexibility index (Phi) is 18.9. The molecule has 0 aromatic rings. The average molecular weight is 469 g/mol. The van der Waals surface area contributed by atoms with Crippen LogP contribution in [0.2, 0.25) is 0 Å². The van der Waals surface area contributed by atoms with E-state index in [-0.39, 0.29) is 36.7 Å². The fraction of sp³-hybridized carbons (Fsp3) is 0.889. The smallest absolute Gasteiger partial charge is 0.303 e. The van der Waals surface area contributed by atoms with Crippen LogP contribution >= 0.6 is 0 Å². The monoisotopic (exact) mass is 468 g/mol.